The second-order valence-corrected chi connectivity index (χ2v) is 6.61. The first-order valence-corrected chi connectivity index (χ1v) is 8.95. The van der Waals surface area contributed by atoms with Gasteiger partial charge < -0.3 is 5.32 Å². The molecular weight excluding hydrogens is 337 g/mol. The number of pyridine rings is 2. The van der Waals surface area contributed by atoms with Crippen LogP contribution in [0.1, 0.15) is 26.0 Å². The number of fused-ring (bicyclic) bond motifs is 1. The fourth-order valence-corrected chi connectivity index (χ4v) is 3.42. The van der Waals surface area contributed by atoms with Gasteiger partial charge in [-0.1, -0.05) is 36.4 Å². The summed E-state index contributed by atoms with van der Waals surface area (Å²) < 4.78 is 15.7. The molecule has 0 spiro atoms. The molecule has 0 atom stereocenters. The highest BCUT2D eigenvalue weighted by Gasteiger charge is 2.21. The average Bonchev–Trinajstić information content (AvgIpc) is 2.85. The summed E-state index contributed by atoms with van der Waals surface area (Å²) in [6, 6.07) is 11.2. The fourth-order valence-electron chi connectivity index (χ4n) is 3.42. The summed E-state index contributed by atoms with van der Waals surface area (Å²) in [5, 5.41) is 3.97. The van der Waals surface area contributed by atoms with Gasteiger partial charge in [0, 0.05) is 29.0 Å². The van der Waals surface area contributed by atoms with Crippen molar-refractivity contribution < 1.29 is 4.39 Å². The lowest BCUT2D eigenvalue weighted by atomic mass is 9.97. The number of halogens is 1. The molecule has 0 amide bonds. The van der Waals surface area contributed by atoms with Crippen molar-refractivity contribution in [1.82, 2.24) is 9.97 Å². The third kappa shape index (κ3) is 3.26. The summed E-state index contributed by atoms with van der Waals surface area (Å²) in [5.41, 5.74) is 5.25. The second-order valence-electron chi connectivity index (χ2n) is 6.61. The second kappa shape index (κ2) is 7.16. The van der Waals surface area contributed by atoms with Crippen molar-refractivity contribution in [3.63, 3.8) is 0 Å². The van der Waals surface area contributed by atoms with Gasteiger partial charge in [-0.25, -0.2) is 9.37 Å². The van der Waals surface area contributed by atoms with E-state index >= 15 is 4.39 Å². The molecule has 0 bridgehead atoms. The average molecular weight is 357 g/mol. The Balaban J connectivity index is 1.98. The Hall–Kier alpha value is -3.27. The molecule has 0 saturated heterocycles. The van der Waals surface area contributed by atoms with Crippen molar-refractivity contribution in [2.24, 2.45) is 0 Å². The Bertz CT molecular complexity index is 1100. The summed E-state index contributed by atoms with van der Waals surface area (Å²) in [7, 11) is 0. The summed E-state index contributed by atoms with van der Waals surface area (Å²) in [6.07, 6.45) is 10.4. The van der Waals surface area contributed by atoms with E-state index in [1.807, 2.05) is 56.3 Å². The number of aromatic nitrogens is 2. The molecule has 3 nitrogen and oxygen atoms in total. The van der Waals surface area contributed by atoms with E-state index in [1.165, 1.54) is 0 Å². The number of nitrogens with one attached hydrogen (secondary N) is 1. The molecule has 0 saturated carbocycles. The van der Waals surface area contributed by atoms with E-state index in [2.05, 4.69) is 27.4 Å². The number of allylic oxidation sites excluding steroid dienone is 6. The summed E-state index contributed by atoms with van der Waals surface area (Å²) in [4.78, 5) is 8.71. The molecule has 1 aromatic carbocycles. The standard InChI is InChI=1S/C23H20FN3/c1-15-7-3-4-8-16(2)20(15)23-21(24)22(26-17-11-13-25-14-12-17)18-9-5-6-10-19(18)27-23/h3,5-14H,4H2,1-2H3,(H,25,26,27). The fraction of sp³-hybridized carbons (Fsp3) is 0.130. The van der Waals surface area contributed by atoms with E-state index in [4.69, 9.17) is 0 Å². The first-order valence-electron chi connectivity index (χ1n) is 8.95. The minimum Gasteiger partial charge on any atom is -0.352 e. The van der Waals surface area contributed by atoms with Gasteiger partial charge in [0.05, 0.1) is 11.2 Å². The monoisotopic (exact) mass is 357 g/mol. The Kier molecular flexibility index (Phi) is 4.55. The van der Waals surface area contributed by atoms with Crippen LogP contribution in [0.2, 0.25) is 0 Å². The Labute approximate surface area is 158 Å². The minimum absolute atomic E-state index is 0.345. The van der Waals surface area contributed by atoms with E-state index < -0.39 is 0 Å². The van der Waals surface area contributed by atoms with Crippen LogP contribution in [0.15, 0.2) is 78.2 Å². The zero-order valence-electron chi connectivity index (χ0n) is 15.3. The zero-order chi connectivity index (χ0) is 18.8. The summed E-state index contributed by atoms with van der Waals surface area (Å²) in [5.74, 6) is -0.345. The highest BCUT2D eigenvalue weighted by Crippen LogP contribution is 2.36. The molecular formula is C23H20FN3. The SMILES string of the molecule is CC1=CCC=CC(C)=C1c1nc2ccccc2c(Nc2ccncc2)c1F. The minimum atomic E-state index is -0.345. The van der Waals surface area contributed by atoms with E-state index in [-0.39, 0.29) is 5.82 Å². The van der Waals surface area contributed by atoms with Crippen LogP contribution in [-0.4, -0.2) is 9.97 Å². The molecule has 1 aliphatic carbocycles. The largest absolute Gasteiger partial charge is 0.352 e. The van der Waals surface area contributed by atoms with Gasteiger partial charge >= 0.3 is 0 Å². The van der Waals surface area contributed by atoms with Crippen molar-refractivity contribution in [1.29, 1.82) is 0 Å². The van der Waals surface area contributed by atoms with Crippen molar-refractivity contribution in [2.45, 2.75) is 20.3 Å². The third-order valence-corrected chi connectivity index (χ3v) is 4.74. The van der Waals surface area contributed by atoms with Crippen LogP contribution in [0.5, 0.6) is 0 Å². The maximum absolute atomic E-state index is 15.7. The van der Waals surface area contributed by atoms with Crippen LogP contribution in [0, 0.1) is 5.82 Å². The number of anilines is 2. The number of hydrogen-bond donors (Lipinski definition) is 1. The van der Waals surface area contributed by atoms with E-state index in [1.54, 1.807) is 12.4 Å². The maximum Gasteiger partial charge on any atom is 0.173 e. The molecule has 1 aliphatic rings. The molecule has 4 heteroatoms. The normalized spacial score (nSPS) is 14.3. The topological polar surface area (TPSA) is 37.8 Å². The highest BCUT2D eigenvalue weighted by molar-refractivity contribution is 5.96. The quantitative estimate of drug-likeness (QED) is 0.607. The number of para-hydroxylation sites is 1. The highest BCUT2D eigenvalue weighted by atomic mass is 19.1. The third-order valence-electron chi connectivity index (χ3n) is 4.74. The number of rotatable bonds is 3. The van der Waals surface area contributed by atoms with Crippen LogP contribution < -0.4 is 5.32 Å². The van der Waals surface area contributed by atoms with Gasteiger partial charge in [-0.05, 0) is 49.6 Å². The number of hydrogen-bond acceptors (Lipinski definition) is 3. The molecule has 4 rings (SSSR count). The Morgan fingerprint density at radius 1 is 1.04 bits per heavy atom. The smallest absolute Gasteiger partial charge is 0.173 e. The molecule has 0 fully saturated rings. The van der Waals surface area contributed by atoms with Crippen molar-refractivity contribution in [2.75, 3.05) is 5.32 Å². The van der Waals surface area contributed by atoms with Gasteiger partial charge in [0.2, 0.25) is 0 Å². The molecule has 0 unspecified atom stereocenters. The maximum atomic E-state index is 15.7. The van der Waals surface area contributed by atoms with E-state index in [0.29, 0.717) is 11.4 Å². The lowest BCUT2D eigenvalue weighted by molar-refractivity contribution is 0.623. The van der Waals surface area contributed by atoms with E-state index in [9.17, 15) is 0 Å². The lowest BCUT2D eigenvalue weighted by Gasteiger charge is -2.17. The van der Waals surface area contributed by atoms with Crippen LogP contribution in [-0.2, 0) is 0 Å². The molecule has 2 aromatic heterocycles. The molecule has 1 N–H and O–H groups in total. The van der Waals surface area contributed by atoms with Crippen molar-refractivity contribution in [3.8, 4) is 0 Å². The molecule has 2 heterocycles. The van der Waals surface area contributed by atoms with Crippen LogP contribution in [0.4, 0.5) is 15.8 Å². The van der Waals surface area contributed by atoms with Gasteiger partial charge in [0.15, 0.2) is 5.82 Å². The first kappa shape index (κ1) is 17.2. The van der Waals surface area contributed by atoms with Gasteiger partial charge in [0.1, 0.15) is 5.69 Å². The molecule has 0 aliphatic heterocycles. The zero-order valence-corrected chi connectivity index (χ0v) is 15.3. The first-order chi connectivity index (χ1) is 13.1. The van der Waals surface area contributed by atoms with Gasteiger partial charge in [-0.15, -0.1) is 0 Å². The van der Waals surface area contributed by atoms with Gasteiger partial charge in [-0.3, -0.25) is 4.98 Å². The molecule has 27 heavy (non-hydrogen) atoms. The van der Waals surface area contributed by atoms with Crippen molar-refractivity contribution >= 4 is 27.9 Å². The summed E-state index contributed by atoms with van der Waals surface area (Å²) >= 11 is 0. The Morgan fingerprint density at radius 3 is 2.63 bits per heavy atom. The molecule has 3 aromatic rings. The van der Waals surface area contributed by atoms with Gasteiger partial charge in [-0.2, -0.15) is 0 Å². The Morgan fingerprint density at radius 2 is 1.81 bits per heavy atom. The van der Waals surface area contributed by atoms with Crippen LogP contribution >= 0.6 is 0 Å². The number of nitrogens with zero attached hydrogens (tertiary/aromatic N) is 2. The predicted molar refractivity (Wildman–Crippen MR) is 109 cm³/mol. The summed E-state index contributed by atoms with van der Waals surface area (Å²) in [6.45, 7) is 4.01. The van der Waals surface area contributed by atoms with Crippen LogP contribution in [0.25, 0.3) is 16.5 Å². The van der Waals surface area contributed by atoms with Crippen molar-refractivity contribution in [3.05, 3.63) is 89.7 Å². The lowest BCUT2D eigenvalue weighted by Crippen LogP contribution is -2.04. The molecule has 0 radical (unpaired) electrons. The number of benzene rings is 1. The van der Waals surface area contributed by atoms with Crippen LogP contribution in [0.3, 0.4) is 0 Å². The predicted octanol–water partition coefficient (Wildman–Crippen LogP) is 6.19. The van der Waals surface area contributed by atoms with Gasteiger partial charge in [0.25, 0.3) is 0 Å². The molecule has 134 valence electrons. The van der Waals surface area contributed by atoms with E-state index in [0.717, 1.165) is 39.7 Å².